The van der Waals surface area contributed by atoms with Crippen molar-refractivity contribution in [2.75, 3.05) is 13.2 Å². The van der Waals surface area contributed by atoms with Gasteiger partial charge < -0.3 is 29.4 Å². The monoisotopic (exact) mass is 466 g/mol. The van der Waals surface area contributed by atoms with Gasteiger partial charge in [-0.2, -0.15) is 6.61 Å². The molecule has 0 aromatic rings. The van der Waals surface area contributed by atoms with Crippen molar-refractivity contribution in [3.8, 4) is 0 Å². The molecular weight excluding hydrogens is 442 g/mol. The van der Waals surface area contributed by atoms with Gasteiger partial charge in [0.15, 0.2) is 12.0 Å². The number of phosphoric ester groups is 1. The molecule has 3 saturated heterocycles. The van der Waals surface area contributed by atoms with Gasteiger partial charge in [-0.05, 0) is 20.3 Å². The molecule has 4 rings (SSSR count). The molecule has 2 N–H and O–H groups in total. The molecule has 0 saturated carbocycles. The van der Waals surface area contributed by atoms with Crippen molar-refractivity contribution in [2.45, 2.75) is 57.0 Å². The van der Waals surface area contributed by atoms with E-state index in [1.165, 1.54) is 6.61 Å². The number of amides is 1. The third-order valence-corrected chi connectivity index (χ3v) is 6.11. The van der Waals surface area contributed by atoms with Gasteiger partial charge in [0.2, 0.25) is 5.91 Å². The minimum Gasteiger partial charge on any atom is -0.464 e. The average molecular weight is 466 g/mol. The summed E-state index contributed by atoms with van der Waals surface area (Å²) >= 11 is 0. The number of primary amides is 1. The largest absolute Gasteiger partial charge is 0.464 e. The molecule has 29 heavy (non-hydrogen) atoms. The molecular formula is C17H24N2O8PV-. The molecule has 161 valence electrons. The van der Waals surface area contributed by atoms with E-state index in [0.717, 1.165) is 0 Å². The van der Waals surface area contributed by atoms with Gasteiger partial charge in [-0.1, -0.05) is 6.08 Å². The van der Waals surface area contributed by atoms with Gasteiger partial charge in [0.25, 0.3) is 0 Å². The van der Waals surface area contributed by atoms with E-state index in [-0.39, 0.29) is 31.8 Å². The predicted molar refractivity (Wildman–Crippen MR) is 94.9 cm³/mol. The maximum atomic E-state index is 12.4. The second-order valence-electron chi connectivity index (χ2n) is 7.32. The van der Waals surface area contributed by atoms with Crippen molar-refractivity contribution in [3.63, 3.8) is 0 Å². The zero-order chi connectivity index (χ0) is 19.9. The van der Waals surface area contributed by atoms with Crippen LogP contribution in [-0.4, -0.2) is 54.3 Å². The molecule has 4 heterocycles. The van der Waals surface area contributed by atoms with E-state index in [4.69, 9.17) is 33.5 Å². The molecule has 5 atom stereocenters. The van der Waals surface area contributed by atoms with E-state index in [2.05, 4.69) is 0 Å². The maximum absolute atomic E-state index is 12.4. The number of hydrogen-bond donors (Lipinski definition) is 1. The summed E-state index contributed by atoms with van der Waals surface area (Å²) in [5, 5.41) is 0. The van der Waals surface area contributed by atoms with E-state index < -0.39 is 44.1 Å². The first-order chi connectivity index (χ1) is 13.3. The first kappa shape index (κ1) is 23.0. The Bertz CT molecular complexity index is 735. The van der Waals surface area contributed by atoms with Crippen LogP contribution >= 0.6 is 7.82 Å². The van der Waals surface area contributed by atoms with Gasteiger partial charge in [-0.25, -0.2) is 4.57 Å². The smallest absolute Gasteiger partial charge is 0.444 e. The fourth-order valence-corrected chi connectivity index (χ4v) is 4.70. The Morgan fingerprint density at radius 3 is 2.86 bits per heavy atom. The average Bonchev–Trinajstić information content (AvgIpc) is 3.14. The van der Waals surface area contributed by atoms with Crippen LogP contribution in [0.3, 0.4) is 0 Å². The van der Waals surface area contributed by atoms with E-state index in [9.17, 15) is 9.36 Å². The van der Waals surface area contributed by atoms with E-state index in [0.29, 0.717) is 18.4 Å². The van der Waals surface area contributed by atoms with Crippen LogP contribution in [0.2, 0.25) is 0 Å². The van der Waals surface area contributed by atoms with Gasteiger partial charge in [0, 0.05) is 43.1 Å². The number of phosphoric acid groups is 1. The van der Waals surface area contributed by atoms with Crippen LogP contribution in [0.15, 0.2) is 24.0 Å². The number of ether oxygens (including phenoxy) is 3. The fraction of sp³-hybridized carbons (Fsp3) is 0.647. The first-order valence-electron chi connectivity index (χ1n) is 9.11. The Morgan fingerprint density at radius 1 is 1.41 bits per heavy atom. The minimum atomic E-state index is -3.64. The van der Waals surface area contributed by atoms with Gasteiger partial charge in [-0.3, -0.25) is 13.8 Å². The molecule has 0 aromatic carbocycles. The number of rotatable bonds is 5. The predicted octanol–water partition coefficient (Wildman–Crippen LogP) is 1.54. The summed E-state index contributed by atoms with van der Waals surface area (Å²) in [4.78, 5) is 13.3. The second-order valence-corrected chi connectivity index (χ2v) is 8.94. The minimum absolute atomic E-state index is 0. The van der Waals surface area contributed by atoms with Crippen LogP contribution in [0.1, 0.15) is 26.7 Å². The molecule has 4 aliphatic rings. The molecule has 3 unspecified atom stereocenters. The Labute approximate surface area is 181 Å². The van der Waals surface area contributed by atoms with Crippen molar-refractivity contribution >= 4 is 13.7 Å². The third-order valence-electron chi connectivity index (χ3n) is 4.74. The molecule has 4 aliphatic heterocycles. The summed E-state index contributed by atoms with van der Waals surface area (Å²) in [7, 11) is -3.64. The summed E-state index contributed by atoms with van der Waals surface area (Å²) in [5.74, 6) is -1.31. The van der Waals surface area contributed by atoms with Crippen LogP contribution in [-0.2, 0) is 55.7 Å². The maximum Gasteiger partial charge on any atom is 0.444 e. The van der Waals surface area contributed by atoms with Crippen molar-refractivity contribution in [2.24, 2.45) is 5.73 Å². The Hall–Kier alpha value is -0.676. The molecule has 12 heteroatoms. The molecule has 1 amide bonds. The standard InChI is InChI=1S/C17H24N2O8P.V/c1-17(2)26-13-12(10-24-28(21)22-7-4-8-23-28)25-16(14(13)27-17)19-6-3-5-11(9-19)15(18)20;/h3,6-7,9,12-14,16H,4-5,8,10H2,1-2H3,(H2,18,20);/q-1;/t12?,13-,14?,16-,28?;/m1./s1. The molecule has 0 aliphatic carbocycles. The van der Waals surface area contributed by atoms with Gasteiger partial charge in [0.05, 0.1) is 6.61 Å². The summed E-state index contributed by atoms with van der Waals surface area (Å²) < 4.78 is 46.1. The fourth-order valence-electron chi connectivity index (χ4n) is 3.55. The number of nitrogens with zero attached hydrogens (tertiary/aromatic N) is 1. The molecule has 0 spiro atoms. The van der Waals surface area contributed by atoms with Crippen molar-refractivity contribution < 1.29 is 55.7 Å². The summed E-state index contributed by atoms with van der Waals surface area (Å²) in [6.07, 6.45) is 4.23. The molecule has 3 fully saturated rings. The Kier molecular flexibility index (Phi) is 7.00. The summed E-state index contributed by atoms with van der Waals surface area (Å²) in [5.41, 5.74) is 5.87. The molecule has 10 nitrogen and oxygen atoms in total. The van der Waals surface area contributed by atoms with Crippen molar-refractivity contribution in [3.05, 3.63) is 30.7 Å². The quantitative estimate of drug-likeness (QED) is 0.475. The van der Waals surface area contributed by atoms with Crippen LogP contribution in [0, 0.1) is 6.61 Å². The normalized spacial score (nSPS) is 38.3. The Morgan fingerprint density at radius 2 is 2.17 bits per heavy atom. The number of nitrogens with two attached hydrogens (primary N) is 1. The summed E-state index contributed by atoms with van der Waals surface area (Å²) in [6, 6.07) is 0. The zero-order valence-electron chi connectivity index (χ0n) is 16.1. The Balaban J connectivity index is 0.00000240. The van der Waals surface area contributed by atoms with Crippen molar-refractivity contribution in [1.29, 1.82) is 0 Å². The molecule has 1 radical (unpaired) electrons. The van der Waals surface area contributed by atoms with Crippen LogP contribution in [0.5, 0.6) is 0 Å². The zero-order valence-corrected chi connectivity index (χ0v) is 18.4. The van der Waals surface area contributed by atoms with Crippen molar-refractivity contribution in [1.82, 2.24) is 4.90 Å². The first-order valence-corrected chi connectivity index (χ1v) is 10.6. The van der Waals surface area contributed by atoms with Crippen LogP contribution in [0.25, 0.3) is 0 Å². The summed E-state index contributed by atoms with van der Waals surface area (Å²) in [6.45, 7) is 5.23. The van der Waals surface area contributed by atoms with E-state index in [1.807, 2.05) is 6.08 Å². The number of carbonyl (C=O) groups excluding carboxylic acids is 1. The molecule has 0 bridgehead atoms. The van der Waals surface area contributed by atoms with Gasteiger partial charge >= 0.3 is 7.82 Å². The number of carbonyl (C=O) groups is 1. The van der Waals surface area contributed by atoms with E-state index >= 15 is 0 Å². The van der Waals surface area contributed by atoms with Gasteiger partial charge in [-0.15, -0.1) is 6.42 Å². The SMILES string of the molecule is CC1(C)OC2[C@H](O1)C(COP1(=O)O[CH-]CCO1)O[C@H]2N1C=CCC(C(N)=O)=C1.[V]. The number of allylic oxidation sites excluding steroid dienone is 1. The van der Waals surface area contributed by atoms with Crippen LogP contribution in [0.4, 0.5) is 0 Å². The second kappa shape index (κ2) is 8.82. The third kappa shape index (κ3) is 4.98. The number of fused-ring (bicyclic) bond motifs is 1. The topological polar surface area (TPSA) is 119 Å². The number of hydrogen-bond acceptors (Lipinski definition) is 9. The van der Waals surface area contributed by atoms with Gasteiger partial charge in [0.1, 0.15) is 18.3 Å². The van der Waals surface area contributed by atoms with E-state index in [1.54, 1.807) is 31.1 Å². The molecule has 0 aromatic heterocycles. The van der Waals surface area contributed by atoms with Crippen LogP contribution < -0.4 is 5.73 Å².